The van der Waals surface area contributed by atoms with Gasteiger partial charge in [-0.25, -0.2) is 0 Å². The fourth-order valence-corrected chi connectivity index (χ4v) is 3.01. The van der Waals surface area contributed by atoms with Crippen molar-refractivity contribution < 1.29 is 0 Å². The van der Waals surface area contributed by atoms with Crippen LogP contribution in [-0.2, 0) is 0 Å². The average molecular weight is 255 g/mol. The van der Waals surface area contributed by atoms with E-state index in [9.17, 15) is 0 Å². The second-order valence-electron chi connectivity index (χ2n) is 5.21. The van der Waals surface area contributed by atoms with Crippen molar-refractivity contribution in [2.45, 2.75) is 12.3 Å². The third kappa shape index (κ3) is 2.78. The molecule has 19 heavy (non-hydrogen) atoms. The summed E-state index contributed by atoms with van der Waals surface area (Å²) in [4.78, 5) is 0. The summed E-state index contributed by atoms with van der Waals surface area (Å²) in [5, 5.41) is 10.5. The molecule has 0 spiro atoms. The fraction of sp³-hybridized carbons (Fsp3) is 0.375. The van der Waals surface area contributed by atoms with E-state index >= 15 is 0 Å². The lowest BCUT2D eigenvalue weighted by Gasteiger charge is -2.32. The molecular weight excluding hydrogens is 234 g/mol. The highest BCUT2D eigenvalue weighted by atomic mass is 15.3. The van der Waals surface area contributed by atoms with Gasteiger partial charge in [-0.1, -0.05) is 61.3 Å². The summed E-state index contributed by atoms with van der Waals surface area (Å²) in [6, 6.07) is 0. The SMILES string of the molecule is C=C/C=C\C=C\C1NCNC(C2C3C=CC=C[C@H]32)N1. The molecule has 1 saturated heterocycles. The van der Waals surface area contributed by atoms with Gasteiger partial charge in [-0.3, -0.25) is 16.0 Å². The molecule has 0 amide bonds. The highest BCUT2D eigenvalue weighted by Gasteiger charge is 2.52. The van der Waals surface area contributed by atoms with Crippen molar-refractivity contribution in [2.24, 2.45) is 17.8 Å². The third-order valence-corrected chi connectivity index (χ3v) is 4.02. The van der Waals surface area contributed by atoms with Crippen molar-refractivity contribution in [3.05, 3.63) is 61.3 Å². The molecule has 3 rings (SSSR count). The summed E-state index contributed by atoms with van der Waals surface area (Å²) in [6.07, 6.45) is 19.5. The van der Waals surface area contributed by atoms with Crippen LogP contribution in [0.2, 0.25) is 0 Å². The van der Waals surface area contributed by atoms with Crippen molar-refractivity contribution in [1.82, 2.24) is 16.0 Å². The Hall–Kier alpha value is -1.42. The van der Waals surface area contributed by atoms with Gasteiger partial charge in [-0.2, -0.15) is 0 Å². The van der Waals surface area contributed by atoms with Crippen molar-refractivity contribution >= 4 is 0 Å². The molecule has 0 bridgehead atoms. The molecule has 2 fully saturated rings. The molecule has 3 aliphatic rings. The predicted octanol–water partition coefficient (Wildman–Crippen LogP) is 1.67. The molecule has 1 saturated carbocycles. The standard InChI is InChI=1S/C16H21N3/c1-2-3-4-5-10-14-17-11-18-16(19-14)15-12-8-6-7-9-13(12)15/h2-10,12-19H,1,11H2/b4-3-,10-5+/t12-,13?,14?,15?,16?/m1/s1. The number of hydrogen-bond acceptors (Lipinski definition) is 3. The summed E-state index contributed by atoms with van der Waals surface area (Å²) in [5.74, 6) is 2.13. The maximum Gasteiger partial charge on any atom is 0.0789 e. The maximum absolute atomic E-state index is 3.66. The van der Waals surface area contributed by atoms with Gasteiger partial charge in [0.1, 0.15) is 0 Å². The largest absolute Gasteiger partial charge is 0.289 e. The zero-order valence-electron chi connectivity index (χ0n) is 11.0. The van der Waals surface area contributed by atoms with E-state index in [0.717, 1.165) is 18.5 Å². The first-order valence-corrected chi connectivity index (χ1v) is 6.94. The Labute approximate surface area is 114 Å². The van der Waals surface area contributed by atoms with Gasteiger partial charge in [0.25, 0.3) is 0 Å². The number of hydrogen-bond donors (Lipinski definition) is 3. The van der Waals surface area contributed by atoms with Gasteiger partial charge in [0, 0.05) is 12.6 Å². The average Bonchev–Trinajstić information content (AvgIpc) is 3.18. The summed E-state index contributed by atoms with van der Waals surface area (Å²) in [5.41, 5.74) is 0. The Morgan fingerprint density at radius 3 is 2.53 bits per heavy atom. The molecule has 1 heterocycles. The van der Waals surface area contributed by atoms with Crippen molar-refractivity contribution in [3.8, 4) is 0 Å². The Kier molecular flexibility index (Phi) is 3.78. The Bertz CT molecular complexity index is 429. The van der Waals surface area contributed by atoms with E-state index < -0.39 is 0 Å². The topological polar surface area (TPSA) is 36.1 Å². The molecule has 2 aliphatic carbocycles. The highest BCUT2D eigenvalue weighted by Crippen LogP contribution is 2.51. The van der Waals surface area contributed by atoms with E-state index in [2.05, 4.69) is 59.0 Å². The molecule has 4 unspecified atom stereocenters. The number of rotatable bonds is 4. The molecule has 100 valence electrons. The molecule has 0 radical (unpaired) electrons. The van der Waals surface area contributed by atoms with E-state index in [4.69, 9.17) is 0 Å². The second kappa shape index (κ2) is 5.70. The smallest absolute Gasteiger partial charge is 0.0789 e. The van der Waals surface area contributed by atoms with Crippen molar-refractivity contribution in [1.29, 1.82) is 0 Å². The monoisotopic (exact) mass is 255 g/mol. The highest BCUT2D eigenvalue weighted by molar-refractivity contribution is 5.27. The quantitative estimate of drug-likeness (QED) is 0.669. The van der Waals surface area contributed by atoms with Gasteiger partial charge in [-0.05, 0) is 11.8 Å². The summed E-state index contributed by atoms with van der Waals surface area (Å²) in [7, 11) is 0. The Morgan fingerprint density at radius 2 is 1.79 bits per heavy atom. The minimum atomic E-state index is 0.233. The predicted molar refractivity (Wildman–Crippen MR) is 79.1 cm³/mol. The van der Waals surface area contributed by atoms with Crippen molar-refractivity contribution in [3.63, 3.8) is 0 Å². The summed E-state index contributed by atoms with van der Waals surface area (Å²) >= 11 is 0. The van der Waals surface area contributed by atoms with Crippen LogP contribution in [0.5, 0.6) is 0 Å². The molecular formula is C16H21N3. The normalized spacial score (nSPS) is 40.7. The van der Waals surface area contributed by atoms with E-state index in [-0.39, 0.29) is 6.17 Å². The van der Waals surface area contributed by atoms with Gasteiger partial charge >= 0.3 is 0 Å². The van der Waals surface area contributed by atoms with Gasteiger partial charge in [0.15, 0.2) is 0 Å². The molecule has 0 aromatic rings. The van der Waals surface area contributed by atoms with Gasteiger partial charge in [-0.15, -0.1) is 0 Å². The summed E-state index contributed by atoms with van der Waals surface area (Å²) < 4.78 is 0. The molecule has 1 aliphatic heterocycles. The molecule has 0 aromatic carbocycles. The first-order chi connectivity index (χ1) is 9.40. The van der Waals surface area contributed by atoms with Crippen LogP contribution in [0.4, 0.5) is 0 Å². The third-order valence-electron chi connectivity index (χ3n) is 4.02. The zero-order valence-corrected chi connectivity index (χ0v) is 11.0. The first-order valence-electron chi connectivity index (χ1n) is 6.94. The summed E-state index contributed by atoms with van der Waals surface area (Å²) in [6.45, 7) is 4.50. The molecule has 3 N–H and O–H groups in total. The van der Waals surface area contributed by atoms with E-state index in [1.165, 1.54) is 0 Å². The number of fused-ring (bicyclic) bond motifs is 1. The Morgan fingerprint density at radius 1 is 1.00 bits per heavy atom. The van der Waals surface area contributed by atoms with Gasteiger partial charge < -0.3 is 0 Å². The van der Waals surface area contributed by atoms with Gasteiger partial charge in [0.2, 0.25) is 0 Å². The minimum Gasteiger partial charge on any atom is -0.289 e. The lowest BCUT2D eigenvalue weighted by atomic mass is 10.2. The lowest BCUT2D eigenvalue weighted by molar-refractivity contribution is 0.262. The van der Waals surface area contributed by atoms with Crippen LogP contribution in [0.25, 0.3) is 0 Å². The number of nitrogens with one attached hydrogen (secondary N) is 3. The molecule has 3 nitrogen and oxygen atoms in total. The van der Waals surface area contributed by atoms with Crippen LogP contribution in [0, 0.1) is 17.8 Å². The van der Waals surface area contributed by atoms with Crippen LogP contribution < -0.4 is 16.0 Å². The van der Waals surface area contributed by atoms with Crippen LogP contribution in [-0.4, -0.2) is 19.0 Å². The van der Waals surface area contributed by atoms with E-state index in [1.54, 1.807) is 6.08 Å². The van der Waals surface area contributed by atoms with Crippen LogP contribution in [0.3, 0.4) is 0 Å². The lowest BCUT2D eigenvalue weighted by Crippen LogP contribution is -2.62. The Balaban J connectivity index is 1.55. The van der Waals surface area contributed by atoms with Crippen molar-refractivity contribution in [2.75, 3.05) is 6.67 Å². The minimum absolute atomic E-state index is 0.233. The number of allylic oxidation sites excluding steroid dienone is 8. The van der Waals surface area contributed by atoms with E-state index in [1.807, 2.05) is 12.2 Å². The maximum atomic E-state index is 3.66. The van der Waals surface area contributed by atoms with Gasteiger partial charge in [0.05, 0.1) is 12.3 Å². The van der Waals surface area contributed by atoms with Crippen LogP contribution in [0.15, 0.2) is 61.3 Å². The molecule has 3 heteroatoms. The second-order valence-corrected chi connectivity index (χ2v) is 5.21. The van der Waals surface area contributed by atoms with Crippen LogP contribution in [0.1, 0.15) is 0 Å². The van der Waals surface area contributed by atoms with Crippen LogP contribution >= 0.6 is 0 Å². The first kappa shape index (κ1) is 12.6. The molecule has 0 aromatic heterocycles. The zero-order chi connectivity index (χ0) is 13.1. The molecule has 5 atom stereocenters. The fourth-order valence-electron chi connectivity index (χ4n) is 3.01. The van der Waals surface area contributed by atoms with E-state index in [0.29, 0.717) is 12.1 Å².